The van der Waals surface area contributed by atoms with Gasteiger partial charge in [-0.15, -0.1) is 0 Å². The zero-order valence-corrected chi connectivity index (χ0v) is 12.3. The zero-order valence-electron chi connectivity index (χ0n) is 12.3. The van der Waals surface area contributed by atoms with E-state index in [1.807, 2.05) is 42.2 Å². The lowest BCUT2D eigenvalue weighted by molar-refractivity contribution is -0.149. The molecule has 2 saturated heterocycles. The molecule has 1 N–H and O–H groups in total. The Labute approximate surface area is 125 Å². The second-order valence-electron chi connectivity index (χ2n) is 5.67. The first-order valence-corrected chi connectivity index (χ1v) is 7.54. The van der Waals surface area contributed by atoms with Crippen LogP contribution in [0.25, 0.3) is 0 Å². The Morgan fingerprint density at radius 1 is 1.29 bits per heavy atom. The molecule has 0 aliphatic carbocycles. The van der Waals surface area contributed by atoms with E-state index in [4.69, 9.17) is 9.47 Å². The lowest BCUT2D eigenvalue weighted by Crippen LogP contribution is -2.56. The summed E-state index contributed by atoms with van der Waals surface area (Å²) in [5.41, 5.74) is 1.12. The molecular weight excluding hydrogens is 268 g/mol. The van der Waals surface area contributed by atoms with Gasteiger partial charge in [0, 0.05) is 13.1 Å². The predicted octanol–water partition coefficient (Wildman–Crippen LogP) is 0.963. The molecule has 1 amide bonds. The highest BCUT2D eigenvalue weighted by molar-refractivity contribution is 5.82. The summed E-state index contributed by atoms with van der Waals surface area (Å²) in [5.74, 6) is 0.116. The third-order valence-corrected chi connectivity index (χ3v) is 3.96. The molecule has 21 heavy (non-hydrogen) atoms. The number of benzene rings is 1. The number of hydrogen-bond donors (Lipinski definition) is 1. The van der Waals surface area contributed by atoms with E-state index in [1.54, 1.807) is 0 Å². The van der Waals surface area contributed by atoms with Crippen molar-refractivity contribution in [3.8, 4) is 0 Å². The van der Waals surface area contributed by atoms with Gasteiger partial charge < -0.3 is 19.7 Å². The highest BCUT2D eigenvalue weighted by Gasteiger charge is 2.33. The van der Waals surface area contributed by atoms with E-state index in [1.165, 1.54) is 0 Å². The summed E-state index contributed by atoms with van der Waals surface area (Å²) in [6.45, 7) is 5.13. The minimum absolute atomic E-state index is 0.0393. The van der Waals surface area contributed by atoms with Gasteiger partial charge in [0.2, 0.25) is 5.91 Å². The number of nitrogens with zero attached hydrogens (tertiary/aromatic N) is 1. The number of carbonyl (C=O) groups excluding carboxylic acids is 1. The van der Waals surface area contributed by atoms with Gasteiger partial charge in [0.1, 0.15) is 12.1 Å². The largest absolute Gasteiger partial charge is 0.378 e. The molecular formula is C16H22N2O3. The molecule has 3 rings (SSSR count). The number of rotatable bonds is 2. The third kappa shape index (κ3) is 3.43. The van der Waals surface area contributed by atoms with Crippen LogP contribution in [0.2, 0.25) is 0 Å². The Hall–Kier alpha value is -1.43. The topological polar surface area (TPSA) is 50.8 Å². The molecule has 0 spiro atoms. The highest BCUT2D eigenvalue weighted by Crippen LogP contribution is 2.25. The molecule has 2 heterocycles. The van der Waals surface area contributed by atoms with Gasteiger partial charge in [0.25, 0.3) is 0 Å². The van der Waals surface area contributed by atoms with E-state index < -0.39 is 0 Å². The molecule has 1 aromatic carbocycles. The van der Waals surface area contributed by atoms with Crippen molar-refractivity contribution in [2.45, 2.75) is 25.2 Å². The molecule has 0 radical (unpaired) electrons. The maximum absolute atomic E-state index is 12.6. The molecule has 2 aliphatic heterocycles. The summed E-state index contributed by atoms with van der Waals surface area (Å²) >= 11 is 0. The van der Waals surface area contributed by atoms with Gasteiger partial charge in [-0.1, -0.05) is 30.3 Å². The lowest BCUT2D eigenvalue weighted by atomic mass is 10.1. The van der Waals surface area contributed by atoms with Crippen molar-refractivity contribution in [3.63, 3.8) is 0 Å². The van der Waals surface area contributed by atoms with E-state index in [9.17, 15) is 4.79 Å². The fourth-order valence-electron chi connectivity index (χ4n) is 2.93. The van der Waals surface area contributed by atoms with Gasteiger partial charge in [-0.3, -0.25) is 4.79 Å². The van der Waals surface area contributed by atoms with Crippen molar-refractivity contribution in [2.75, 3.05) is 32.8 Å². The average Bonchev–Trinajstić information content (AvgIpc) is 2.55. The van der Waals surface area contributed by atoms with Gasteiger partial charge in [0.15, 0.2) is 0 Å². The fourth-order valence-corrected chi connectivity index (χ4v) is 2.93. The van der Waals surface area contributed by atoms with Crippen LogP contribution in [0.1, 0.15) is 18.6 Å². The van der Waals surface area contributed by atoms with E-state index in [2.05, 4.69) is 5.32 Å². The van der Waals surface area contributed by atoms with Gasteiger partial charge in [-0.05, 0) is 12.5 Å². The van der Waals surface area contributed by atoms with Crippen LogP contribution < -0.4 is 5.32 Å². The standard InChI is InChI=1S/C16H22N2O3/c1-12-9-18(16(19)14-11-20-8-7-17-14)10-15(21-12)13-5-3-2-4-6-13/h2-6,12,14-15,17H,7-11H2,1H3/t12-,14-,15-/m1/s1. The van der Waals surface area contributed by atoms with Gasteiger partial charge in [-0.25, -0.2) is 0 Å². The molecule has 5 nitrogen and oxygen atoms in total. The van der Waals surface area contributed by atoms with Gasteiger partial charge >= 0.3 is 0 Å². The highest BCUT2D eigenvalue weighted by atomic mass is 16.5. The smallest absolute Gasteiger partial charge is 0.242 e. The summed E-state index contributed by atoms with van der Waals surface area (Å²) in [6, 6.07) is 9.87. The van der Waals surface area contributed by atoms with E-state index in [0.717, 1.165) is 12.1 Å². The summed E-state index contributed by atoms with van der Waals surface area (Å²) in [7, 11) is 0. The number of nitrogens with one attached hydrogen (secondary N) is 1. The van der Waals surface area contributed by atoms with Crippen LogP contribution in [-0.2, 0) is 14.3 Å². The molecule has 2 fully saturated rings. The Morgan fingerprint density at radius 3 is 2.81 bits per heavy atom. The number of ether oxygens (including phenoxy) is 2. The molecule has 0 unspecified atom stereocenters. The maximum Gasteiger partial charge on any atom is 0.242 e. The zero-order chi connectivity index (χ0) is 14.7. The van der Waals surface area contributed by atoms with Crippen molar-refractivity contribution in [3.05, 3.63) is 35.9 Å². The first-order chi connectivity index (χ1) is 10.2. The molecule has 0 bridgehead atoms. The van der Waals surface area contributed by atoms with E-state index in [0.29, 0.717) is 26.3 Å². The van der Waals surface area contributed by atoms with Crippen molar-refractivity contribution >= 4 is 5.91 Å². The quantitative estimate of drug-likeness (QED) is 0.881. The number of amides is 1. The molecule has 1 aromatic rings. The summed E-state index contributed by atoms with van der Waals surface area (Å²) in [6.07, 6.45) is -0.0131. The van der Waals surface area contributed by atoms with Crippen LogP contribution in [0.4, 0.5) is 0 Å². The average molecular weight is 290 g/mol. The summed E-state index contributed by atoms with van der Waals surface area (Å²) < 4.78 is 11.4. The summed E-state index contributed by atoms with van der Waals surface area (Å²) in [4.78, 5) is 14.5. The van der Waals surface area contributed by atoms with Gasteiger partial charge in [0.05, 0.1) is 25.9 Å². The monoisotopic (exact) mass is 290 g/mol. The fraction of sp³-hybridized carbons (Fsp3) is 0.562. The summed E-state index contributed by atoms with van der Waals surface area (Å²) in [5, 5.41) is 3.23. The second-order valence-corrected chi connectivity index (χ2v) is 5.67. The first kappa shape index (κ1) is 14.5. The van der Waals surface area contributed by atoms with E-state index in [-0.39, 0.29) is 24.2 Å². The molecule has 5 heteroatoms. The van der Waals surface area contributed by atoms with Crippen molar-refractivity contribution in [2.24, 2.45) is 0 Å². The normalized spacial score (nSPS) is 30.1. The Kier molecular flexibility index (Phi) is 4.53. The van der Waals surface area contributed by atoms with E-state index >= 15 is 0 Å². The SMILES string of the molecule is C[C@@H]1CN(C(=O)[C@H]2COCCN2)C[C@H](c2ccccc2)O1. The Bertz CT molecular complexity index is 474. The van der Waals surface area contributed by atoms with Crippen LogP contribution in [0.5, 0.6) is 0 Å². The van der Waals surface area contributed by atoms with Crippen LogP contribution in [-0.4, -0.2) is 55.8 Å². The Morgan fingerprint density at radius 2 is 2.10 bits per heavy atom. The van der Waals surface area contributed by atoms with Gasteiger partial charge in [-0.2, -0.15) is 0 Å². The molecule has 3 atom stereocenters. The van der Waals surface area contributed by atoms with Crippen molar-refractivity contribution < 1.29 is 14.3 Å². The third-order valence-electron chi connectivity index (χ3n) is 3.96. The van der Waals surface area contributed by atoms with Crippen LogP contribution >= 0.6 is 0 Å². The molecule has 114 valence electrons. The van der Waals surface area contributed by atoms with Crippen LogP contribution in [0.15, 0.2) is 30.3 Å². The number of morpholine rings is 2. The Balaban J connectivity index is 1.69. The maximum atomic E-state index is 12.6. The second kappa shape index (κ2) is 6.56. The predicted molar refractivity (Wildman–Crippen MR) is 78.9 cm³/mol. The lowest BCUT2D eigenvalue weighted by Gasteiger charge is -2.39. The first-order valence-electron chi connectivity index (χ1n) is 7.54. The molecule has 2 aliphatic rings. The van der Waals surface area contributed by atoms with Crippen molar-refractivity contribution in [1.82, 2.24) is 10.2 Å². The minimum atomic E-state index is -0.222. The minimum Gasteiger partial charge on any atom is -0.378 e. The molecule has 0 saturated carbocycles. The van der Waals surface area contributed by atoms with Crippen molar-refractivity contribution in [1.29, 1.82) is 0 Å². The number of hydrogen-bond acceptors (Lipinski definition) is 4. The van der Waals surface area contributed by atoms with Crippen LogP contribution in [0.3, 0.4) is 0 Å². The number of carbonyl (C=O) groups is 1. The van der Waals surface area contributed by atoms with Crippen LogP contribution in [0, 0.1) is 0 Å². The molecule has 0 aromatic heterocycles.